The standard InChI is InChI=1S/C24H33O2.C24H35O.C23H36O2.C23H34O2.C23H32O2.2Y/c1-5-6-7-11-20(26-4)12-13-21-22(25)15-19-14-18-10-8-9-16(2)23(18)17(3)24(19)21;1-7-9-10-15-22(25-6)16-12-11-14-20(4)24-21(5)18-17-19(3)23(24)13-8-2;3*1-4-5-6-10-19(25-3)11-12-20-22-13-17-9-7-8-16(2)21(17)14-18(22)15-23(20)24;;/h9-10,17,19-20H,5-7,11-15H2,1-4H3;8,18,20,22H,2,7,9-10,12-13,15-16H2,1,3-6H3;7-9,18-20,22-24H,4-6,10-15H2,1-3H3;7-9,18-20,22H,4-6,10-15H2,1-3H3;7-9,18-19H,4-6,10-15H2,1-3H3;;/q2*-1;;;;;/t17?,19?,20-;;18?,19-,20?,22?,23?;18?,19-,20?,22?;18?,19-;;/m0.000../s1. The first-order valence-electron chi connectivity index (χ1n) is 50.7. The van der Waals surface area contributed by atoms with Crippen LogP contribution in [0.5, 0.6) is 0 Å². The molecule has 700 valence electrons. The molecule has 8 aliphatic carbocycles. The Labute approximate surface area is 830 Å². The molecular weight excluding hydrogens is 1730 g/mol. The Morgan fingerprint density at radius 2 is 0.969 bits per heavy atom. The number of aliphatic hydroxyl groups excluding tert-OH is 1. The molecule has 0 aromatic heterocycles. The number of hydrogen-bond acceptors (Lipinski definition) is 9. The molecule has 2 saturated carbocycles. The molecule has 2 radical (unpaired) electrons. The minimum Gasteiger partial charge on any atom is -0.393 e. The minimum atomic E-state index is -0.113. The van der Waals surface area contributed by atoms with E-state index in [0.29, 0.717) is 95.5 Å². The van der Waals surface area contributed by atoms with E-state index in [1.54, 1.807) is 5.56 Å². The Balaban J connectivity index is 0.000000218. The number of carbonyl (C=O) groups is 3. The van der Waals surface area contributed by atoms with Gasteiger partial charge >= 0.3 is 0 Å². The van der Waals surface area contributed by atoms with Gasteiger partial charge in [0.2, 0.25) is 0 Å². The Morgan fingerprint density at radius 1 is 0.492 bits per heavy atom. The van der Waals surface area contributed by atoms with Crippen molar-refractivity contribution < 1.29 is 109 Å². The number of rotatable bonds is 42. The first-order valence-corrected chi connectivity index (χ1v) is 50.7. The summed E-state index contributed by atoms with van der Waals surface area (Å²) in [6.45, 7) is 32.7. The average molecular weight is 1900 g/mol. The predicted molar refractivity (Wildman–Crippen MR) is 525 cm³/mol. The minimum absolute atomic E-state index is 0. The first-order chi connectivity index (χ1) is 61.0. The third kappa shape index (κ3) is 31.5. The van der Waals surface area contributed by atoms with Crippen LogP contribution >= 0.6 is 0 Å². The summed E-state index contributed by atoms with van der Waals surface area (Å²) >= 11 is 0. The number of fused-ring (bicyclic) bond motifs is 8. The van der Waals surface area contributed by atoms with E-state index in [0.717, 1.165) is 165 Å². The van der Waals surface area contributed by atoms with Crippen molar-refractivity contribution >= 4 is 17.3 Å². The van der Waals surface area contributed by atoms with E-state index >= 15 is 0 Å². The molecule has 0 heterocycles. The van der Waals surface area contributed by atoms with E-state index < -0.39 is 0 Å². The summed E-state index contributed by atoms with van der Waals surface area (Å²) in [5.74, 6) is 12.8. The molecule has 16 atom stereocenters. The van der Waals surface area contributed by atoms with Crippen molar-refractivity contribution in [2.24, 2.45) is 47.3 Å². The van der Waals surface area contributed by atoms with Gasteiger partial charge in [-0.05, 0) is 271 Å². The third-order valence-electron chi connectivity index (χ3n) is 31.1. The monoisotopic (exact) mass is 1900 g/mol. The molecule has 0 bridgehead atoms. The largest absolute Gasteiger partial charge is 0.393 e. The van der Waals surface area contributed by atoms with Crippen molar-refractivity contribution in [2.75, 3.05) is 35.5 Å². The molecule has 5 aromatic rings. The number of benzene rings is 5. The zero-order chi connectivity index (χ0) is 90.8. The molecule has 0 saturated heterocycles. The molecule has 2 fully saturated rings. The molecule has 12 unspecified atom stereocenters. The zero-order valence-electron chi connectivity index (χ0n) is 83.5. The number of unbranched alkanes of at least 4 members (excludes halogenated alkanes) is 10. The number of aryl methyl sites for hydroxylation is 6. The van der Waals surface area contributed by atoms with Crippen LogP contribution in [-0.4, -0.2) is 94.6 Å². The molecule has 0 aliphatic heterocycles. The Morgan fingerprint density at radius 3 is 1.50 bits per heavy atom. The van der Waals surface area contributed by atoms with Crippen LogP contribution < -0.4 is 0 Å². The summed E-state index contributed by atoms with van der Waals surface area (Å²) in [6.07, 6.45) is 49.7. The van der Waals surface area contributed by atoms with Crippen LogP contribution in [0.15, 0.2) is 108 Å². The number of aliphatic hydroxyl groups is 1. The van der Waals surface area contributed by atoms with Gasteiger partial charge in [-0.1, -0.05) is 249 Å². The average Bonchev–Trinajstić information content (AvgIpc) is 1.63. The van der Waals surface area contributed by atoms with E-state index in [4.69, 9.17) is 23.7 Å². The molecule has 1 N–H and O–H groups in total. The topological polar surface area (TPSA) is 118 Å². The Hall–Kier alpha value is -4.14. The van der Waals surface area contributed by atoms with Crippen molar-refractivity contribution in [1.29, 1.82) is 0 Å². The van der Waals surface area contributed by atoms with E-state index in [1.165, 1.54) is 204 Å². The smallest absolute Gasteiger partial charge is 0.159 e. The van der Waals surface area contributed by atoms with Crippen molar-refractivity contribution in [3.05, 3.63) is 209 Å². The van der Waals surface area contributed by atoms with Crippen LogP contribution in [-0.2, 0) is 155 Å². The predicted octanol–water partition coefficient (Wildman–Crippen LogP) is 27.8. The maximum Gasteiger partial charge on any atom is 0.159 e. The Kier molecular flexibility index (Phi) is 50.5. The van der Waals surface area contributed by atoms with Gasteiger partial charge < -0.3 is 28.8 Å². The van der Waals surface area contributed by atoms with Crippen LogP contribution in [0.4, 0.5) is 0 Å². The van der Waals surface area contributed by atoms with Crippen LogP contribution in [0, 0.1) is 113 Å². The fourth-order valence-electron chi connectivity index (χ4n) is 23.7. The van der Waals surface area contributed by atoms with Gasteiger partial charge in [-0.15, -0.1) is 29.2 Å². The van der Waals surface area contributed by atoms with Crippen LogP contribution in [0.25, 0.3) is 0 Å². The molecular formula is C117H170O9Y2-2. The first kappa shape index (κ1) is 111. The SMILES string of the molecule is C=CCc1c(C)[c-]cc(C)c1C(C)C#CCCC(CCCCC)OC.CCCCC[C@@H](CCC1=C2C(CC1=O)Cc1c[c-]cc(C)c1C2C)OC.CCCCC[C@@H](CCC1=C2Cc3cccc(C)c3CC2CC1=O)OC.CCCCC[C@@H](CCC1C(=O)CC2Cc3c(C)cccc3CC21)OC.CCCCC[C@@H](CCC1C(O)CC2Cc3c(C)cccc3CC21)OC.[Y].[Y]. The van der Waals surface area contributed by atoms with Gasteiger partial charge in [0.1, 0.15) is 5.78 Å². The third-order valence-corrected chi connectivity index (χ3v) is 31.1. The van der Waals surface area contributed by atoms with E-state index in [9.17, 15) is 19.5 Å². The van der Waals surface area contributed by atoms with E-state index in [2.05, 4.69) is 193 Å². The fourth-order valence-corrected chi connectivity index (χ4v) is 23.7. The summed E-state index contributed by atoms with van der Waals surface area (Å²) < 4.78 is 28.4. The van der Waals surface area contributed by atoms with Crippen LogP contribution in [0.1, 0.15) is 368 Å². The summed E-state index contributed by atoms with van der Waals surface area (Å²) in [7, 11) is 9.13. The maximum absolute atomic E-state index is 12.8. The van der Waals surface area contributed by atoms with Gasteiger partial charge in [0.15, 0.2) is 11.6 Å². The molecule has 13 rings (SSSR count). The van der Waals surface area contributed by atoms with Gasteiger partial charge in [-0.2, -0.15) is 52.6 Å². The molecule has 128 heavy (non-hydrogen) atoms. The van der Waals surface area contributed by atoms with Gasteiger partial charge in [-0.3, -0.25) is 14.4 Å². The summed E-state index contributed by atoms with van der Waals surface area (Å²) in [4.78, 5) is 38.1. The molecule has 9 nitrogen and oxygen atoms in total. The molecule has 8 aliphatic rings. The number of allylic oxidation sites excluding steroid dienone is 5. The summed E-state index contributed by atoms with van der Waals surface area (Å²) in [6, 6.07) is 32.9. The number of Topliss-reactive ketones (excluding diaryl/α,β-unsaturated/α-hetero) is 3. The second kappa shape index (κ2) is 58.3. The summed E-state index contributed by atoms with van der Waals surface area (Å²) in [5, 5.41) is 10.7. The molecule has 0 amide bonds. The number of hydrogen-bond donors (Lipinski definition) is 1. The number of carbonyl (C=O) groups excluding carboxylic acids is 3. The van der Waals surface area contributed by atoms with Gasteiger partial charge in [0.05, 0.1) is 36.6 Å². The normalized spacial score (nSPS) is 22.1. The molecule has 11 heteroatoms. The second-order valence-electron chi connectivity index (χ2n) is 39.6. The van der Waals surface area contributed by atoms with Gasteiger partial charge in [0, 0.05) is 138 Å². The van der Waals surface area contributed by atoms with Gasteiger partial charge in [0.25, 0.3) is 0 Å². The van der Waals surface area contributed by atoms with Crippen molar-refractivity contribution in [3.63, 3.8) is 0 Å². The van der Waals surface area contributed by atoms with E-state index in [-0.39, 0.29) is 89.5 Å². The quantitative estimate of drug-likeness (QED) is 0.0176. The molecule has 0 spiro atoms. The Bertz CT molecular complexity index is 4360. The zero-order valence-corrected chi connectivity index (χ0v) is 89.2. The van der Waals surface area contributed by atoms with E-state index in [1.807, 2.05) is 41.6 Å². The number of methoxy groups -OCH3 is 5. The van der Waals surface area contributed by atoms with Crippen molar-refractivity contribution in [2.45, 2.75) is 408 Å². The molecule has 5 aromatic carbocycles. The second-order valence-corrected chi connectivity index (χ2v) is 39.6. The maximum atomic E-state index is 12.8. The fraction of sp³-hybridized carbons (Fsp3) is 0.650. The number of ether oxygens (including phenoxy) is 5. The van der Waals surface area contributed by atoms with Crippen LogP contribution in [0.2, 0.25) is 0 Å². The van der Waals surface area contributed by atoms with Gasteiger partial charge in [-0.25, -0.2) is 0 Å². The summed E-state index contributed by atoms with van der Waals surface area (Å²) in [5.41, 5.74) is 27.7. The van der Waals surface area contributed by atoms with Crippen LogP contribution in [0.3, 0.4) is 0 Å². The van der Waals surface area contributed by atoms with Crippen molar-refractivity contribution in [3.8, 4) is 11.8 Å². The number of ketones is 3. The van der Waals surface area contributed by atoms with Crippen molar-refractivity contribution in [1.82, 2.24) is 0 Å².